The van der Waals surface area contributed by atoms with Gasteiger partial charge in [-0.1, -0.05) is 18.0 Å². The Morgan fingerprint density at radius 1 is 1.50 bits per heavy atom. The highest BCUT2D eigenvalue weighted by atomic mass is 35.5. The summed E-state index contributed by atoms with van der Waals surface area (Å²) < 4.78 is 5.11. The van der Waals surface area contributed by atoms with E-state index < -0.39 is 0 Å². The third-order valence-electron chi connectivity index (χ3n) is 4.09. The molecule has 4 nitrogen and oxygen atoms in total. The predicted octanol–water partition coefficient (Wildman–Crippen LogP) is 2.63. The van der Waals surface area contributed by atoms with Crippen LogP contribution in [0.15, 0.2) is 18.2 Å². The van der Waals surface area contributed by atoms with E-state index in [4.69, 9.17) is 21.4 Å². The maximum Gasteiger partial charge on any atom is 0.251 e. The maximum atomic E-state index is 12.1. The van der Waals surface area contributed by atoms with Crippen molar-refractivity contribution >= 4 is 17.5 Å². The molecular weight excluding hydrogens is 278 g/mol. The minimum Gasteiger partial charge on any atom is -0.495 e. The maximum absolute atomic E-state index is 12.1. The number of hydrogen-bond donors (Lipinski definition) is 2. The molecule has 1 aromatic rings. The van der Waals surface area contributed by atoms with Crippen molar-refractivity contribution in [3.8, 4) is 5.75 Å². The van der Waals surface area contributed by atoms with Crippen molar-refractivity contribution < 1.29 is 14.6 Å². The Morgan fingerprint density at radius 3 is 2.80 bits per heavy atom. The highest BCUT2D eigenvalue weighted by Gasteiger charge is 2.36. The van der Waals surface area contributed by atoms with Gasteiger partial charge in [0.05, 0.1) is 12.1 Å². The van der Waals surface area contributed by atoms with Crippen LogP contribution in [0, 0.1) is 5.41 Å². The molecule has 2 N–H and O–H groups in total. The molecule has 0 unspecified atom stereocenters. The van der Waals surface area contributed by atoms with E-state index in [0.29, 0.717) is 22.9 Å². The molecule has 0 aromatic heterocycles. The molecule has 1 saturated carbocycles. The second kappa shape index (κ2) is 6.46. The molecule has 0 heterocycles. The minimum atomic E-state index is -0.135. The molecule has 110 valence electrons. The number of hydrogen-bond acceptors (Lipinski definition) is 3. The summed E-state index contributed by atoms with van der Waals surface area (Å²) in [5.74, 6) is 0.359. The molecule has 2 rings (SSSR count). The average Bonchev–Trinajstić information content (AvgIpc) is 2.41. The fourth-order valence-electron chi connectivity index (χ4n) is 2.60. The lowest BCUT2D eigenvalue weighted by Crippen LogP contribution is -2.42. The lowest BCUT2D eigenvalue weighted by Gasteiger charge is -2.41. The number of rotatable bonds is 6. The fourth-order valence-corrected chi connectivity index (χ4v) is 2.79. The molecule has 1 amide bonds. The zero-order valence-corrected chi connectivity index (χ0v) is 12.4. The summed E-state index contributed by atoms with van der Waals surface area (Å²) in [6, 6.07) is 4.97. The summed E-state index contributed by atoms with van der Waals surface area (Å²) in [6.07, 6.45) is 4.05. The molecule has 0 bridgehead atoms. The van der Waals surface area contributed by atoms with E-state index in [9.17, 15) is 4.79 Å². The van der Waals surface area contributed by atoms with E-state index in [-0.39, 0.29) is 17.9 Å². The van der Waals surface area contributed by atoms with E-state index >= 15 is 0 Å². The lowest BCUT2D eigenvalue weighted by molar-refractivity contribution is 0.0732. The summed E-state index contributed by atoms with van der Waals surface area (Å²) in [6.45, 7) is 0.780. The van der Waals surface area contributed by atoms with Gasteiger partial charge < -0.3 is 15.2 Å². The largest absolute Gasteiger partial charge is 0.495 e. The zero-order chi connectivity index (χ0) is 14.6. The van der Waals surface area contributed by atoms with E-state index in [0.717, 1.165) is 19.3 Å². The van der Waals surface area contributed by atoms with Gasteiger partial charge in [0.25, 0.3) is 5.91 Å². The Hall–Kier alpha value is -1.26. The second-order valence-electron chi connectivity index (χ2n) is 5.36. The summed E-state index contributed by atoms with van der Waals surface area (Å²) in [7, 11) is 1.52. The molecule has 20 heavy (non-hydrogen) atoms. The number of halogens is 1. The van der Waals surface area contributed by atoms with Gasteiger partial charge in [0.2, 0.25) is 0 Å². The highest BCUT2D eigenvalue weighted by Crippen LogP contribution is 2.43. The number of carbonyl (C=O) groups excluding carboxylic acids is 1. The average molecular weight is 298 g/mol. The molecule has 0 radical (unpaired) electrons. The van der Waals surface area contributed by atoms with Crippen molar-refractivity contribution in [3.63, 3.8) is 0 Å². The monoisotopic (exact) mass is 297 g/mol. The minimum absolute atomic E-state index is 0.0842. The third kappa shape index (κ3) is 3.25. The number of amides is 1. The Balaban J connectivity index is 1.98. The number of methoxy groups -OCH3 is 1. The molecule has 0 aliphatic heterocycles. The molecule has 0 saturated heterocycles. The number of carbonyl (C=O) groups is 1. The van der Waals surface area contributed by atoms with Crippen LogP contribution in [0.5, 0.6) is 5.75 Å². The molecule has 1 aliphatic carbocycles. The van der Waals surface area contributed by atoms with Crippen LogP contribution < -0.4 is 10.1 Å². The molecule has 5 heteroatoms. The molecule has 1 aliphatic rings. The zero-order valence-electron chi connectivity index (χ0n) is 11.6. The van der Waals surface area contributed by atoms with Gasteiger partial charge in [-0.3, -0.25) is 4.79 Å². The quantitative estimate of drug-likeness (QED) is 0.848. The van der Waals surface area contributed by atoms with Gasteiger partial charge in [0.15, 0.2) is 0 Å². The van der Waals surface area contributed by atoms with Crippen molar-refractivity contribution in [1.82, 2.24) is 5.32 Å². The van der Waals surface area contributed by atoms with E-state index in [2.05, 4.69) is 5.32 Å². The van der Waals surface area contributed by atoms with E-state index in [1.54, 1.807) is 18.2 Å². The summed E-state index contributed by atoms with van der Waals surface area (Å²) in [5.41, 5.74) is 0.616. The Kier molecular flexibility index (Phi) is 4.89. The predicted molar refractivity (Wildman–Crippen MR) is 78.3 cm³/mol. The van der Waals surface area contributed by atoms with Crippen molar-refractivity contribution in [2.75, 3.05) is 20.3 Å². The SMILES string of the molecule is COc1cc(C(=O)NCC2(CCO)CCC2)ccc1Cl. The van der Waals surface area contributed by atoms with Crippen LogP contribution in [0.3, 0.4) is 0 Å². The molecule has 0 atom stereocenters. The number of ether oxygens (including phenoxy) is 1. The topological polar surface area (TPSA) is 58.6 Å². The van der Waals surface area contributed by atoms with Gasteiger partial charge in [-0.05, 0) is 42.9 Å². The van der Waals surface area contributed by atoms with Gasteiger partial charge >= 0.3 is 0 Å². The number of benzene rings is 1. The summed E-state index contributed by atoms with van der Waals surface area (Å²) in [4.78, 5) is 12.1. The Morgan fingerprint density at radius 2 is 2.25 bits per heavy atom. The van der Waals surface area contributed by atoms with Crippen LogP contribution in [0.2, 0.25) is 5.02 Å². The van der Waals surface area contributed by atoms with Crippen LogP contribution in [-0.2, 0) is 0 Å². The van der Waals surface area contributed by atoms with Crippen molar-refractivity contribution in [2.24, 2.45) is 5.41 Å². The third-order valence-corrected chi connectivity index (χ3v) is 4.41. The molecule has 1 fully saturated rings. The van der Waals surface area contributed by atoms with E-state index in [1.807, 2.05) is 0 Å². The van der Waals surface area contributed by atoms with Crippen LogP contribution in [0.1, 0.15) is 36.0 Å². The van der Waals surface area contributed by atoms with Gasteiger partial charge in [-0.15, -0.1) is 0 Å². The second-order valence-corrected chi connectivity index (χ2v) is 5.77. The van der Waals surface area contributed by atoms with Crippen molar-refractivity contribution in [1.29, 1.82) is 0 Å². The van der Waals surface area contributed by atoms with Gasteiger partial charge in [-0.2, -0.15) is 0 Å². The molecular formula is C15H20ClNO3. The normalized spacial score (nSPS) is 16.4. The fraction of sp³-hybridized carbons (Fsp3) is 0.533. The lowest BCUT2D eigenvalue weighted by atomic mass is 9.67. The molecule has 0 spiro atoms. The van der Waals surface area contributed by atoms with Crippen LogP contribution >= 0.6 is 11.6 Å². The first-order valence-electron chi connectivity index (χ1n) is 6.83. The standard InChI is InChI=1S/C15H20ClNO3/c1-20-13-9-11(3-4-12(13)16)14(19)17-10-15(7-8-18)5-2-6-15/h3-4,9,18H,2,5-8,10H2,1H3,(H,17,19). The van der Waals surface area contributed by atoms with Crippen molar-refractivity contribution in [3.05, 3.63) is 28.8 Å². The first kappa shape index (κ1) is 15.1. The van der Waals surface area contributed by atoms with Crippen LogP contribution in [0.4, 0.5) is 0 Å². The van der Waals surface area contributed by atoms with Gasteiger partial charge in [0.1, 0.15) is 5.75 Å². The van der Waals surface area contributed by atoms with E-state index in [1.165, 1.54) is 13.5 Å². The smallest absolute Gasteiger partial charge is 0.251 e. The number of nitrogens with one attached hydrogen (secondary N) is 1. The summed E-state index contributed by atoms with van der Waals surface area (Å²) >= 11 is 5.94. The van der Waals surface area contributed by atoms with Crippen LogP contribution in [-0.4, -0.2) is 31.3 Å². The summed E-state index contributed by atoms with van der Waals surface area (Å²) in [5, 5.41) is 12.5. The van der Waals surface area contributed by atoms with Gasteiger partial charge in [-0.25, -0.2) is 0 Å². The Bertz CT molecular complexity index is 486. The first-order valence-corrected chi connectivity index (χ1v) is 7.21. The van der Waals surface area contributed by atoms with Gasteiger partial charge in [0, 0.05) is 18.7 Å². The number of aliphatic hydroxyl groups excluding tert-OH is 1. The van der Waals surface area contributed by atoms with Crippen LogP contribution in [0.25, 0.3) is 0 Å². The highest BCUT2D eigenvalue weighted by molar-refractivity contribution is 6.32. The van der Waals surface area contributed by atoms with Crippen molar-refractivity contribution in [2.45, 2.75) is 25.7 Å². The Labute approximate surface area is 124 Å². The molecule has 1 aromatic carbocycles. The first-order chi connectivity index (χ1) is 9.60. The number of aliphatic hydroxyl groups is 1.